The van der Waals surface area contributed by atoms with Crippen molar-refractivity contribution < 1.29 is 9.53 Å². The number of hydrogen-bond acceptors (Lipinski definition) is 3. The van der Waals surface area contributed by atoms with Crippen LogP contribution in [0.5, 0.6) is 5.75 Å². The first-order chi connectivity index (χ1) is 13.5. The fourth-order valence-electron chi connectivity index (χ4n) is 2.65. The van der Waals surface area contributed by atoms with E-state index in [1.165, 1.54) is 11.1 Å². The highest BCUT2D eigenvalue weighted by atomic mass is 127. The first kappa shape index (κ1) is 24.7. The van der Waals surface area contributed by atoms with E-state index in [9.17, 15) is 4.79 Å². The molecule has 0 heterocycles. The van der Waals surface area contributed by atoms with Gasteiger partial charge in [-0.15, -0.1) is 24.0 Å². The lowest BCUT2D eigenvalue weighted by atomic mass is 10.1. The topological polar surface area (TPSA) is 66.0 Å². The van der Waals surface area contributed by atoms with Crippen LogP contribution in [-0.2, 0) is 24.3 Å². The van der Waals surface area contributed by atoms with Gasteiger partial charge in [0.2, 0.25) is 5.91 Å². The largest absolute Gasteiger partial charge is 0.497 e. The van der Waals surface area contributed by atoms with Crippen molar-refractivity contribution in [3.63, 3.8) is 0 Å². The predicted octanol–water partition coefficient (Wildman–Crippen LogP) is 3.20. The summed E-state index contributed by atoms with van der Waals surface area (Å²) in [6.45, 7) is 3.49. The third kappa shape index (κ3) is 8.31. The van der Waals surface area contributed by atoms with Gasteiger partial charge in [-0.3, -0.25) is 4.79 Å². The summed E-state index contributed by atoms with van der Waals surface area (Å²) in [4.78, 5) is 18.1. The minimum Gasteiger partial charge on any atom is -0.497 e. The number of carbonyl (C=O) groups excluding carboxylic acids is 1. The monoisotopic (exact) mass is 510 g/mol. The number of aryl methyl sites for hydroxylation is 1. The van der Waals surface area contributed by atoms with E-state index in [0.29, 0.717) is 19.0 Å². The van der Waals surface area contributed by atoms with E-state index in [-0.39, 0.29) is 36.4 Å². The van der Waals surface area contributed by atoms with Crippen LogP contribution in [0.2, 0.25) is 0 Å². The van der Waals surface area contributed by atoms with Gasteiger partial charge in [-0.1, -0.05) is 43.3 Å². The Morgan fingerprint density at radius 2 is 1.69 bits per heavy atom. The zero-order valence-electron chi connectivity index (χ0n) is 17.6. The lowest BCUT2D eigenvalue weighted by Gasteiger charge is -2.16. The van der Waals surface area contributed by atoms with Crippen molar-refractivity contribution in [1.29, 1.82) is 0 Å². The lowest BCUT2D eigenvalue weighted by molar-refractivity contribution is -0.127. The molecule has 0 radical (unpaired) electrons. The molecular formula is C22H31IN4O2. The van der Waals surface area contributed by atoms with E-state index in [1.54, 1.807) is 26.1 Å². The minimum atomic E-state index is -0.00657. The third-order valence-electron chi connectivity index (χ3n) is 4.43. The average Bonchev–Trinajstić information content (AvgIpc) is 2.73. The van der Waals surface area contributed by atoms with Crippen molar-refractivity contribution in [3.05, 3.63) is 65.2 Å². The molecule has 0 aliphatic heterocycles. The number of hydrogen-bond donors (Lipinski definition) is 2. The second-order valence-electron chi connectivity index (χ2n) is 6.63. The van der Waals surface area contributed by atoms with Crippen molar-refractivity contribution in [2.45, 2.75) is 26.4 Å². The number of carbonyl (C=O) groups is 1. The molecule has 7 heteroatoms. The summed E-state index contributed by atoms with van der Waals surface area (Å²) in [5, 5.41) is 6.47. The van der Waals surface area contributed by atoms with E-state index in [4.69, 9.17) is 4.74 Å². The average molecular weight is 510 g/mol. The van der Waals surface area contributed by atoms with E-state index >= 15 is 0 Å². The van der Waals surface area contributed by atoms with Gasteiger partial charge in [0.05, 0.1) is 20.2 Å². The van der Waals surface area contributed by atoms with Gasteiger partial charge in [0.1, 0.15) is 5.75 Å². The van der Waals surface area contributed by atoms with Crippen LogP contribution in [0.3, 0.4) is 0 Å². The highest BCUT2D eigenvalue weighted by Crippen LogP contribution is 2.12. The Labute approximate surface area is 190 Å². The van der Waals surface area contributed by atoms with Crippen LogP contribution >= 0.6 is 24.0 Å². The maximum atomic E-state index is 11.9. The van der Waals surface area contributed by atoms with Crippen molar-refractivity contribution >= 4 is 35.8 Å². The number of nitrogens with one attached hydrogen (secondary N) is 2. The quantitative estimate of drug-likeness (QED) is 0.325. The second kappa shape index (κ2) is 13.0. The van der Waals surface area contributed by atoms with Crippen LogP contribution in [0.1, 0.15) is 23.6 Å². The maximum absolute atomic E-state index is 11.9. The molecule has 0 aromatic heterocycles. The SMILES string of the molecule is CCc1ccccc1CNC(=NCc1ccc(OC)cc1)NCC(=O)N(C)C.I. The van der Waals surface area contributed by atoms with Crippen LogP contribution in [0.4, 0.5) is 0 Å². The summed E-state index contributed by atoms with van der Waals surface area (Å²) >= 11 is 0. The molecule has 0 fully saturated rings. The Bertz CT molecular complexity index is 792. The van der Waals surface area contributed by atoms with Gasteiger partial charge in [-0.25, -0.2) is 4.99 Å². The van der Waals surface area contributed by atoms with Gasteiger partial charge in [0.15, 0.2) is 5.96 Å². The maximum Gasteiger partial charge on any atom is 0.241 e. The van der Waals surface area contributed by atoms with Crippen LogP contribution < -0.4 is 15.4 Å². The Hall–Kier alpha value is -2.29. The molecule has 2 aromatic carbocycles. The van der Waals surface area contributed by atoms with E-state index < -0.39 is 0 Å². The Morgan fingerprint density at radius 3 is 2.28 bits per heavy atom. The first-order valence-electron chi connectivity index (χ1n) is 9.45. The zero-order chi connectivity index (χ0) is 20.4. The normalized spacial score (nSPS) is 10.7. The van der Waals surface area contributed by atoms with Crippen molar-refractivity contribution in [1.82, 2.24) is 15.5 Å². The molecule has 6 nitrogen and oxygen atoms in total. The number of halogens is 1. The minimum absolute atomic E-state index is 0. The Balaban J connectivity index is 0.00000420. The molecule has 2 N–H and O–H groups in total. The number of methoxy groups -OCH3 is 1. The number of benzene rings is 2. The zero-order valence-corrected chi connectivity index (χ0v) is 19.9. The molecule has 0 aliphatic carbocycles. The molecule has 1 amide bonds. The molecule has 0 saturated heterocycles. The fourth-order valence-corrected chi connectivity index (χ4v) is 2.65. The van der Waals surface area contributed by atoms with E-state index in [2.05, 4.69) is 40.7 Å². The van der Waals surface area contributed by atoms with Crippen LogP contribution in [-0.4, -0.2) is 44.5 Å². The predicted molar refractivity (Wildman–Crippen MR) is 129 cm³/mol. The molecule has 0 aliphatic rings. The number of likely N-dealkylation sites (N-methyl/N-ethyl adjacent to an activating group) is 1. The fraction of sp³-hybridized carbons (Fsp3) is 0.364. The smallest absolute Gasteiger partial charge is 0.241 e. The third-order valence-corrected chi connectivity index (χ3v) is 4.43. The highest BCUT2D eigenvalue weighted by Gasteiger charge is 2.07. The first-order valence-corrected chi connectivity index (χ1v) is 9.45. The molecule has 29 heavy (non-hydrogen) atoms. The number of nitrogens with zero attached hydrogens (tertiary/aromatic N) is 2. The second-order valence-corrected chi connectivity index (χ2v) is 6.63. The number of amides is 1. The molecular weight excluding hydrogens is 479 g/mol. The molecule has 2 aromatic rings. The van der Waals surface area contributed by atoms with Gasteiger partial charge >= 0.3 is 0 Å². The summed E-state index contributed by atoms with van der Waals surface area (Å²) in [6, 6.07) is 16.1. The number of ether oxygens (including phenoxy) is 1. The standard InChI is InChI=1S/C22H30N4O2.HI/c1-5-18-8-6-7-9-19(18)15-24-22(25-16-21(27)26(2)3)23-14-17-10-12-20(28-4)13-11-17;/h6-13H,5,14-16H2,1-4H3,(H2,23,24,25);1H. The highest BCUT2D eigenvalue weighted by molar-refractivity contribution is 14.0. The Kier molecular flexibility index (Phi) is 11.1. The van der Waals surface area contributed by atoms with E-state index in [0.717, 1.165) is 17.7 Å². The molecule has 0 spiro atoms. The summed E-state index contributed by atoms with van der Waals surface area (Å²) in [6.07, 6.45) is 0.975. The molecule has 0 unspecified atom stereocenters. The Morgan fingerprint density at radius 1 is 1.03 bits per heavy atom. The molecule has 0 saturated carbocycles. The molecule has 0 atom stereocenters. The number of rotatable bonds is 8. The van der Waals surface area contributed by atoms with Crippen LogP contribution in [0.25, 0.3) is 0 Å². The van der Waals surface area contributed by atoms with E-state index in [1.807, 2.05) is 30.3 Å². The van der Waals surface area contributed by atoms with Crippen molar-refractivity contribution in [3.8, 4) is 5.75 Å². The summed E-state index contributed by atoms with van der Waals surface area (Å²) in [5.41, 5.74) is 3.59. The summed E-state index contributed by atoms with van der Waals surface area (Å²) in [7, 11) is 5.13. The number of aliphatic imine (C=N–C) groups is 1. The van der Waals surface area contributed by atoms with Crippen LogP contribution in [0.15, 0.2) is 53.5 Å². The van der Waals surface area contributed by atoms with Crippen molar-refractivity contribution in [2.24, 2.45) is 4.99 Å². The lowest BCUT2D eigenvalue weighted by Crippen LogP contribution is -2.42. The van der Waals surface area contributed by atoms with Gasteiger partial charge < -0.3 is 20.3 Å². The van der Waals surface area contributed by atoms with Gasteiger partial charge in [-0.2, -0.15) is 0 Å². The van der Waals surface area contributed by atoms with Gasteiger partial charge in [0.25, 0.3) is 0 Å². The van der Waals surface area contributed by atoms with Crippen molar-refractivity contribution in [2.75, 3.05) is 27.7 Å². The number of guanidine groups is 1. The summed E-state index contributed by atoms with van der Waals surface area (Å²) < 4.78 is 5.19. The molecule has 2 rings (SSSR count). The molecule has 158 valence electrons. The van der Waals surface area contributed by atoms with Crippen LogP contribution in [0, 0.1) is 0 Å². The van der Waals surface area contributed by atoms with Gasteiger partial charge in [0, 0.05) is 20.6 Å². The summed E-state index contributed by atoms with van der Waals surface area (Å²) in [5.74, 6) is 1.42. The van der Waals surface area contributed by atoms with Gasteiger partial charge in [-0.05, 0) is 35.2 Å². The molecule has 0 bridgehead atoms.